The van der Waals surface area contributed by atoms with Crippen LogP contribution < -0.4 is 5.32 Å². The average molecular weight is 266 g/mol. The molecule has 1 aromatic heterocycles. The number of hydrogen-bond donors (Lipinski definition) is 1. The van der Waals surface area contributed by atoms with Crippen molar-refractivity contribution >= 4 is 23.1 Å². The molecule has 18 heavy (non-hydrogen) atoms. The summed E-state index contributed by atoms with van der Waals surface area (Å²) in [6, 6.07) is 6.20. The third-order valence-corrected chi connectivity index (χ3v) is 2.90. The Kier molecular flexibility index (Phi) is 3.77. The van der Waals surface area contributed by atoms with E-state index in [4.69, 9.17) is 11.6 Å². The number of benzene rings is 1. The molecule has 0 aliphatic carbocycles. The Morgan fingerprint density at radius 2 is 2.11 bits per heavy atom. The highest BCUT2D eigenvalue weighted by Crippen LogP contribution is 2.23. The molecule has 0 unspecified atom stereocenters. The molecule has 0 saturated heterocycles. The SMILES string of the molecule is CCc1nc(Cl)c(C)c(Nc2cccc(F)c2)n1. The van der Waals surface area contributed by atoms with E-state index in [-0.39, 0.29) is 5.82 Å². The highest BCUT2D eigenvalue weighted by Gasteiger charge is 2.08. The second-order valence-electron chi connectivity index (χ2n) is 3.89. The lowest BCUT2D eigenvalue weighted by Crippen LogP contribution is -2.03. The Bertz CT molecular complexity index is 572. The molecule has 5 heteroatoms. The van der Waals surface area contributed by atoms with Gasteiger partial charge in [0.15, 0.2) is 0 Å². The van der Waals surface area contributed by atoms with Gasteiger partial charge in [0, 0.05) is 17.7 Å². The smallest absolute Gasteiger partial charge is 0.138 e. The zero-order chi connectivity index (χ0) is 13.1. The second-order valence-corrected chi connectivity index (χ2v) is 4.25. The van der Waals surface area contributed by atoms with Gasteiger partial charge in [0.25, 0.3) is 0 Å². The van der Waals surface area contributed by atoms with Gasteiger partial charge in [-0.2, -0.15) is 0 Å². The fourth-order valence-corrected chi connectivity index (χ4v) is 1.70. The zero-order valence-corrected chi connectivity index (χ0v) is 10.9. The van der Waals surface area contributed by atoms with Gasteiger partial charge < -0.3 is 5.32 Å². The molecule has 3 nitrogen and oxygen atoms in total. The molecule has 0 bridgehead atoms. The van der Waals surface area contributed by atoms with Gasteiger partial charge in [-0.15, -0.1) is 0 Å². The van der Waals surface area contributed by atoms with Crippen molar-refractivity contribution in [2.75, 3.05) is 5.32 Å². The molecular weight excluding hydrogens is 253 g/mol. The largest absolute Gasteiger partial charge is 0.340 e. The van der Waals surface area contributed by atoms with E-state index in [0.29, 0.717) is 28.9 Å². The summed E-state index contributed by atoms with van der Waals surface area (Å²) in [6.45, 7) is 3.77. The van der Waals surface area contributed by atoms with E-state index < -0.39 is 0 Å². The fraction of sp³-hybridized carbons (Fsp3) is 0.231. The molecule has 0 aliphatic heterocycles. The second kappa shape index (κ2) is 5.31. The Morgan fingerprint density at radius 1 is 1.33 bits per heavy atom. The van der Waals surface area contributed by atoms with Crippen LogP contribution in [-0.2, 0) is 6.42 Å². The molecule has 0 amide bonds. The minimum atomic E-state index is -0.298. The van der Waals surface area contributed by atoms with Crippen LogP contribution in [0.2, 0.25) is 5.15 Å². The van der Waals surface area contributed by atoms with Gasteiger partial charge in [0.1, 0.15) is 22.6 Å². The normalized spacial score (nSPS) is 10.4. The Morgan fingerprint density at radius 3 is 2.78 bits per heavy atom. The third-order valence-electron chi connectivity index (χ3n) is 2.54. The Labute approximate surface area is 110 Å². The van der Waals surface area contributed by atoms with Gasteiger partial charge in [-0.3, -0.25) is 0 Å². The molecule has 1 aromatic carbocycles. The van der Waals surface area contributed by atoms with Crippen LogP contribution in [0.1, 0.15) is 18.3 Å². The van der Waals surface area contributed by atoms with Crippen LogP contribution in [-0.4, -0.2) is 9.97 Å². The third kappa shape index (κ3) is 2.76. The number of hydrogen-bond acceptors (Lipinski definition) is 3. The lowest BCUT2D eigenvalue weighted by Gasteiger charge is -2.10. The maximum absolute atomic E-state index is 13.1. The fourth-order valence-electron chi connectivity index (χ4n) is 1.52. The van der Waals surface area contributed by atoms with Gasteiger partial charge in [-0.25, -0.2) is 14.4 Å². The van der Waals surface area contributed by atoms with E-state index >= 15 is 0 Å². The maximum Gasteiger partial charge on any atom is 0.138 e. The molecule has 0 aliphatic rings. The number of aryl methyl sites for hydroxylation is 1. The van der Waals surface area contributed by atoms with E-state index in [1.807, 2.05) is 13.8 Å². The van der Waals surface area contributed by atoms with Crippen LogP contribution in [0, 0.1) is 12.7 Å². The van der Waals surface area contributed by atoms with E-state index in [2.05, 4.69) is 15.3 Å². The summed E-state index contributed by atoms with van der Waals surface area (Å²) in [5.74, 6) is 0.968. The number of halogens is 2. The predicted octanol–water partition coefficient (Wildman–Crippen LogP) is 3.88. The van der Waals surface area contributed by atoms with E-state index in [1.165, 1.54) is 12.1 Å². The van der Waals surface area contributed by atoms with E-state index in [1.54, 1.807) is 12.1 Å². The van der Waals surface area contributed by atoms with Crippen LogP contribution in [0.3, 0.4) is 0 Å². The minimum absolute atomic E-state index is 0.298. The Balaban J connectivity index is 2.36. The summed E-state index contributed by atoms with van der Waals surface area (Å²) in [4.78, 5) is 8.50. The monoisotopic (exact) mass is 265 g/mol. The van der Waals surface area contributed by atoms with Gasteiger partial charge in [-0.1, -0.05) is 24.6 Å². The Hall–Kier alpha value is -1.68. The molecule has 2 aromatic rings. The van der Waals surface area contributed by atoms with Crippen molar-refractivity contribution in [1.29, 1.82) is 0 Å². The minimum Gasteiger partial charge on any atom is -0.340 e. The molecule has 0 spiro atoms. The first-order valence-electron chi connectivity index (χ1n) is 5.65. The first kappa shape index (κ1) is 12.8. The molecule has 0 fully saturated rings. The zero-order valence-electron chi connectivity index (χ0n) is 10.2. The number of rotatable bonds is 3. The quantitative estimate of drug-likeness (QED) is 0.856. The van der Waals surface area contributed by atoms with Crippen molar-refractivity contribution in [3.8, 4) is 0 Å². The lowest BCUT2D eigenvalue weighted by atomic mass is 10.3. The van der Waals surface area contributed by atoms with E-state index in [0.717, 1.165) is 5.56 Å². The van der Waals surface area contributed by atoms with Gasteiger partial charge >= 0.3 is 0 Å². The highest BCUT2D eigenvalue weighted by atomic mass is 35.5. The highest BCUT2D eigenvalue weighted by molar-refractivity contribution is 6.30. The molecule has 1 heterocycles. The van der Waals surface area contributed by atoms with Gasteiger partial charge in [-0.05, 0) is 25.1 Å². The van der Waals surface area contributed by atoms with Crippen molar-refractivity contribution in [1.82, 2.24) is 9.97 Å². The van der Waals surface area contributed by atoms with Gasteiger partial charge in [0.05, 0.1) is 0 Å². The summed E-state index contributed by atoms with van der Waals surface area (Å²) >= 11 is 6.03. The lowest BCUT2D eigenvalue weighted by molar-refractivity contribution is 0.628. The summed E-state index contributed by atoms with van der Waals surface area (Å²) in [5.41, 5.74) is 1.38. The first-order chi connectivity index (χ1) is 8.60. The van der Waals surface area contributed by atoms with Crippen LogP contribution in [0.25, 0.3) is 0 Å². The number of aromatic nitrogens is 2. The summed E-state index contributed by atoms with van der Waals surface area (Å²) in [7, 11) is 0. The molecule has 0 radical (unpaired) electrons. The van der Waals surface area contributed by atoms with Crippen LogP contribution >= 0.6 is 11.6 Å². The standard InChI is InChI=1S/C13H13ClFN3/c1-3-11-17-12(14)8(2)13(18-11)16-10-6-4-5-9(15)7-10/h4-7H,3H2,1-2H3,(H,16,17,18). The van der Waals surface area contributed by atoms with Crippen molar-refractivity contribution in [2.45, 2.75) is 20.3 Å². The first-order valence-corrected chi connectivity index (χ1v) is 6.03. The molecule has 0 atom stereocenters. The molecule has 1 N–H and O–H groups in total. The summed E-state index contributed by atoms with van der Waals surface area (Å²) in [6.07, 6.45) is 0.692. The van der Waals surface area contributed by atoms with Gasteiger partial charge in [0.2, 0.25) is 0 Å². The molecule has 2 rings (SSSR count). The predicted molar refractivity (Wildman–Crippen MR) is 70.8 cm³/mol. The van der Waals surface area contributed by atoms with Crippen LogP contribution in [0.15, 0.2) is 24.3 Å². The maximum atomic E-state index is 13.1. The summed E-state index contributed by atoms with van der Waals surface area (Å²) in [5, 5.41) is 3.47. The number of anilines is 2. The number of nitrogens with one attached hydrogen (secondary N) is 1. The molecule has 0 saturated carbocycles. The molecule has 94 valence electrons. The topological polar surface area (TPSA) is 37.8 Å². The number of nitrogens with zero attached hydrogens (tertiary/aromatic N) is 2. The van der Waals surface area contributed by atoms with Crippen molar-refractivity contribution in [3.63, 3.8) is 0 Å². The molecular formula is C13H13ClFN3. The summed E-state index contributed by atoms with van der Waals surface area (Å²) < 4.78 is 13.1. The van der Waals surface area contributed by atoms with E-state index in [9.17, 15) is 4.39 Å². The van der Waals surface area contributed by atoms with Crippen molar-refractivity contribution < 1.29 is 4.39 Å². The average Bonchev–Trinajstić information content (AvgIpc) is 2.34. The van der Waals surface area contributed by atoms with Crippen molar-refractivity contribution in [2.24, 2.45) is 0 Å². The van der Waals surface area contributed by atoms with Crippen LogP contribution in [0.4, 0.5) is 15.9 Å². The van der Waals surface area contributed by atoms with Crippen molar-refractivity contribution in [3.05, 3.63) is 46.6 Å². The van der Waals surface area contributed by atoms with Crippen LogP contribution in [0.5, 0.6) is 0 Å².